The van der Waals surface area contributed by atoms with Gasteiger partial charge in [0.1, 0.15) is 11.5 Å². The highest BCUT2D eigenvalue weighted by Crippen LogP contribution is 2.24. The minimum absolute atomic E-state index is 0.0581. The summed E-state index contributed by atoms with van der Waals surface area (Å²) in [6.07, 6.45) is 0. The van der Waals surface area contributed by atoms with E-state index in [1.54, 1.807) is 0 Å². The van der Waals surface area contributed by atoms with Crippen LogP contribution in [0.15, 0.2) is 35.5 Å². The third-order valence-electron chi connectivity index (χ3n) is 3.24. The van der Waals surface area contributed by atoms with Crippen molar-refractivity contribution in [1.29, 1.82) is 0 Å². The number of carbonyl (C=O) groups is 1. The summed E-state index contributed by atoms with van der Waals surface area (Å²) >= 11 is 1.26. The molecule has 0 fully saturated rings. The summed E-state index contributed by atoms with van der Waals surface area (Å²) in [4.78, 5) is 11.1. The molecule has 1 aromatic carbocycles. The van der Waals surface area contributed by atoms with Gasteiger partial charge in [-0.25, -0.2) is 4.68 Å². The maximum Gasteiger partial charge on any atom is 0.210 e. The molecular weight excluding hydrogens is 312 g/mol. The van der Waals surface area contributed by atoms with Crippen molar-refractivity contribution in [2.75, 3.05) is 11.6 Å². The van der Waals surface area contributed by atoms with Gasteiger partial charge < -0.3 is 5.84 Å². The number of H-pyrrole nitrogens is 1. The number of benzene rings is 1. The largest absolute Gasteiger partial charge is 0.335 e. The number of nitrogens with zero attached hydrogens (tertiary/aromatic N) is 4. The molecule has 0 saturated carbocycles. The van der Waals surface area contributed by atoms with Crippen LogP contribution in [0.4, 0.5) is 0 Å². The second-order valence-corrected chi connectivity index (χ2v) is 6.14. The van der Waals surface area contributed by atoms with Crippen LogP contribution in [-0.2, 0) is 4.79 Å². The van der Waals surface area contributed by atoms with Crippen molar-refractivity contribution in [3.63, 3.8) is 0 Å². The van der Waals surface area contributed by atoms with Crippen LogP contribution in [0.5, 0.6) is 0 Å². The number of hydrogen-bond acceptors (Lipinski definition) is 6. The second-order valence-electron chi connectivity index (χ2n) is 5.20. The van der Waals surface area contributed by atoms with Gasteiger partial charge in [0.05, 0.1) is 11.4 Å². The van der Waals surface area contributed by atoms with Gasteiger partial charge in [-0.3, -0.25) is 9.89 Å². The van der Waals surface area contributed by atoms with Gasteiger partial charge >= 0.3 is 0 Å². The smallest absolute Gasteiger partial charge is 0.210 e. The van der Waals surface area contributed by atoms with Crippen molar-refractivity contribution < 1.29 is 4.79 Å². The monoisotopic (exact) mass is 328 g/mol. The topological polar surface area (TPSA) is 102 Å². The van der Waals surface area contributed by atoms with E-state index in [2.05, 4.69) is 20.4 Å². The zero-order valence-electron chi connectivity index (χ0n) is 12.8. The number of Topliss-reactive ketones (excluding diaryl/α,β-unsaturated/α-hetero) is 1. The van der Waals surface area contributed by atoms with E-state index in [0.717, 1.165) is 11.3 Å². The molecule has 0 amide bonds. The van der Waals surface area contributed by atoms with Crippen LogP contribution >= 0.6 is 11.8 Å². The lowest BCUT2D eigenvalue weighted by molar-refractivity contribution is -0.114. The van der Waals surface area contributed by atoms with E-state index >= 15 is 0 Å². The Kier molecular flexibility index (Phi) is 4.16. The SMILES string of the molecule is CC(=O)CSc1nnc(-c2cc(-c3ccc(C)cc3)n[nH]2)n1N. The maximum atomic E-state index is 11.1. The highest BCUT2D eigenvalue weighted by atomic mass is 32.2. The van der Waals surface area contributed by atoms with Crippen molar-refractivity contribution >= 4 is 17.5 Å². The van der Waals surface area contributed by atoms with Gasteiger partial charge in [0.15, 0.2) is 0 Å². The third kappa shape index (κ3) is 3.26. The Morgan fingerprint density at radius 2 is 2.04 bits per heavy atom. The number of thioether (sulfide) groups is 1. The van der Waals surface area contributed by atoms with E-state index in [0.29, 0.717) is 22.4 Å². The third-order valence-corrected chi connectivity index (χ3v) is 4.32. The molecule has 0 aliphatic carbocycles. The van der Waals surface area contributed by atoms with E-state index < -0.39 is 0 Å². The summed E-state index contributed by atoms with van der Waals surface area (Å²) in [5, 5.41) is 15.8. The van der Waals surface area contributed by atoms with E-state index in [1.807, 2.05) is 37.3 Å². The molecule has 0 unspecified atom stereocenters. The Labute approximate surface area is 137 Å². The quantitative estimate of drug-likeness (QED) is 0.549. The number of nitrogen functional groups attached to an aromatic ring is 1. The molecule has 7 nitrogen and oxygen atoms in total. The second kappa shape index (κ2) is 6.25. The number of aromatic amines is 1. The van der Waals surface area contributed by atoms with E-state index in [-0.39, 0.29) is 5.78 Å². The molecule has 3 rings (SSSR count). The first kappa shape index (κ1) is 15.3. The first-order valence-corrected chi connectivity index (χ1v) is 7.98. The number of ketones is 1. The molecule has 2 heterocycles. The van der Waals surface area contributed by atoms with Crippen molar-refractivity contribution in [1.82, 2.24) is 25.1 Å². The predicted octanol–water partition coefficient (Wildman–Crippen LogP) is 2.04. The molecule has 3 aromatic rings. The van der Waals surface area contributed by atoms with Crippen molar-refractivity contribution in [2.24, 2.45) is 0 Å². The number of hydrogen-bond donors (Lipinski definition) is 2. The fraction of sp³-hybridized carbons (Fsp3) is 0.200. The Morgan fingerprint density at radius 3 is 2.74 bits per heavy atom. The zero-order valence-corrected chi connectivity index (χ0v) is 13.6. The standard InChI is InChI=1S/C15H16N6OS/c1-9-3-5-11(6-4-9)12-7-13(18-17-12)14-19-20-15(21(14)16)23-8-10(2)22/h3-7H,8,16H2,1-2H3,(H,17,18). The van der Waals surface area contributed by atoms with Crippen molar-refractivity contribution in [3.05, 3.63) is 35.9 Å². The molecule has 0 bridgehead atoms. The summed E-state index contributed by atoms with van der Waals surface area (Å²) in [5.41, 5.74) is 3.68. The fourth-order valence-corrected chi connectivity index (χ4v) is 2.69. The van der Waals surface area contributed by atoms with Gasteiger partial charge in [-0.15, -0.1) is 10.2 Å². The van der Waals surface area contributed by atoms with E-state index in [9.17, 15) is 4.79 Å². The number of rotatable bonds is 5. The Hall–Kier alpha value is -2.61. The van der Waals surface area contributed by atoms with E-state index in [4.69, 9.17) is 5.84 Å². The number of aryl methyl sites for hydroxylation is 1. The average molecular weight is 328 g/mol. The minimum atomic E-state index is 0.0581. The lowest BCUT2D eigenvalue weighted by Gasteiger charge is -2.00. The van der Waals surface area contributed by atoms with Crippen LogP contribution in [0.2, 0.25) is 0 Å². The lowest BCUT2D eigenvalue weighted by Crippen LogP contribution is -2.12. The number of nitrogens with one attached hydrogen (secondary N) is 1. The minimum Gasteiger partial charge on any atom is -0.335 e. The molecule has 2 aromatic heterocycles. The Bertz CT molecular complexity index is 836. The molecule has 0 aliphatic rings. The van der Waals surface area contributed by atoms with Crippen LogP contribution in [0.25, 0.3) is 22.8 Å². The van der Waals surface area contributed by atoms with Crippen LogP contribution in [0, 0.1) is 6.92 Å². The molecule has 118 valence electrons. The molecule has 23 heavy (non-hydrogen) atoms. The van der Waals surface area contributed by atoms with Gasteiger partial charge in [0.25, 0.3) is 0 Å². The first-order chi connectivity index (χ1) is 11.0. The first-order valence-electron chi connectivity index (χ1n) is 7.00. The summed E-state index contributed by atoms with van der Waals surface area (Å²) in [7, 11) is 0. The highest BCUT2D eigenvalue weighted by Gasteiger charge is 2.15. The molecule has 3 N–H and O–H groups in total. The number of aromatic nitrogens is 5. The van der Waals surface area contributed by atoms with Gasteiger partial charge in [0, 0.05) is 5.56 Å². The Balaban J connectivity index is 1.86. The molecular formula is C15H16N6OS. The predicted molar refractivity (Wildman–Crippen MR) is 89.3 cm³/mol. The summed E-state index contributed by atoms with van der Waals surface area (Å²) in [6.45, 7) is 3.56. The van der Waals surface area contributed by atoms with Gasteiger partial charge in [-0.1, -0.05) is 41.6 Å². The number of nitrogens with two attached hydrogens (primary N) is 1. The summed E-state index contributed by atoms with van der Waals surface area (Å²) < 4.78 is 1.36. The van der Waals surface area contributed by atoms with E-state index in [1.165, 1.54) is 28.9 Å². The number of carbonyl (C=O) groups excluding carboxylic acids is 1. The van der Waals surface area contributed by atoms with Gasteiger partial charge in [-0.2, -0.15) is 5.10 Å². The highest BCUT2D eigenvalue weighted by molar-refractivity contribution is 7.99. The molecule has 0 saturated heterocycles. The summed E-state index contributed by atoms with van der Waals surface area (Å²) in [5.74, 6) is 6.85. The Morgan fingerprint density at radius 1 is 1.30 bits per heavy atom. The van der Waals surface area contributed by atoms with Crippen molar-refractivity contribution in [3.8, 4) is 22.8 Å². The zero-order chi connectivity index (χ0) is 16.4. The molecule has 0 atom stereocenters. The van der Waals surface area contributed by atoms with Crippen molar-refractivity contribution in [2.45, 2.75) is 19.0 Å². The fourth-order valence-electron chi connectivity index (χ4n) is 2.03. The van der Waals surface area contributed by atoms with Crippen LogP contribution in [0.1, 0.15) is 12.5 Å². The van der Waals surface area contributed by atoms with Crippen LogP contribution in [0.3, 0.4) is 0 Å². The van der Waals surface area contributed by atoms with Crippen LogP contribution in [-0.4, -0.2) is 36.6 Å². The maximum absolute atomic E-state index is 11.1. The van der Waals surface area contributed by atoms with Crippen LogP contribution < -0.4 is 5.84 Å². The normalized spacial score (nSPS) is 10.9. The molecule has 0 aliphatic heterocycles. The lowest BCUT2D eigenvalue weighted by atomic mass is 10.1. The van der Waals surface area contributed by atoms with Gasteiger partial charge in [-0.05, 0) is 19.9 Å². The summed E-state index contributed by atoms with van der Waals surface area (Å²) in [6, 6.07) is 9.96. The average Bonchev–Trinajstić information content (AvgIpc) is 3.13. The molecule has 8 heteroatoms. The molecule has 0 spiro atoms. The van der Waals surface area contributed by atoms with Gasteiger partial charge in [0.2, 0.25) is 11.0 Å². The molecule has 0 radical (unpaired) electrons.